The monoisotopic (exact) mass is 324 g/mol. The van der Waals surface area contributed by atoms with Gasteiger partial charge in [0.25, 0.3) is 0 Å². The van der Waals surface area contributed by atoms with Gasteiger partial charge < -0.3 is 16.6 Å². The number of anilines is 1. The highest BCUT2D eigenvalue weighted by molar-refractivity contribution is 5.71. The van der Waals surface area contributed by atoms with Crippen molar-refractivity contribution in [3.05, 3.63) is 41.5 Å². The second kappa shape index (κ2) is 7.33. The van der Waals surface area contributed by atoms with Crippen LogP contribution in [0.25, 0.3) is 11.3 Å². The van der Waals surface area contributed by atoms with Gasteiger partial charge >= 0.3 is 0 Å². The molecule has 126 valence electrons. The highest BCUT2D eigenvalue weighted by Gasteiger charge is 2.25. The Hall–Kier alpha value is -2.58. The van der Waals surface area contributed by atoms with Crippen LogP contribution in [0.15, 0.2) is 30.3 Å². The first-order chi connectivity index (χ1) is 11.1. The van der Waals surface area contributed by atoms with E-state index in [-0.39, 0.29) is 31.0 Å². The van der Waals surface area contributed by atoms with Crippen molar-refractivity contribution >= 4 is 5.82 Å². The number of para-hydroxylation sites is 1. The summed E-state index contributed by atoms with van der Waals surface area (Å²) >= 11 is 0. The molecule has 24 heavy (non-hydrogen) atoms. The van der Waals surface area contributed by atoms with Gasteiger partial charge in [-0.1, -0.05) is 26.0 Å². The van der Waals surface area contributed by atoms with Gasteiger partial charge in [0, 0.05) is 11.6 Å². The normalized spacial score (nSPS) is 20.0. The number of nitrogens with two attached hydrogens (primary N) is 2. The number of phenolic OH excluding ortho intramolecular Hbond substituents is 1. The van der Waals surface area contributed by atoms with Crippen LogP contribution >= 0.6 is 0 Å². The van der Waals surface area contributed by atoms with Crippen LogP contribution < -0.4 is 11.5 Å². The van der Waals surface area contributed by atoms with E-state index in [0.29, 0.717) is 16.8 Å². The third-order valence-electron chi connectivity index (χ3n) is 4.52. The zero-order valence-electron chi connectivity index (χ0n) is 12.9. The van der Waals surface area contributed by atoms with Gasteiger partial charge in [0.15, 0.2) is 0 Å². The van der Waals surface area contributed by atoms with Crippen molar-refractivity contribution < 1.29 is 5.11 Å². The number of benzene rings is 1. The molecular weight excluding hydrogens is 300 g/mol. The zero-order valence-corrected chi connectivity index (χ0v) is 12.9. The Balaban J connectivity index is 0.00000208. The summed E-state index contributed by atoms with van der Waals surface area (Å²) in [6.45, 7) is 0. The Morgan fingerprint density at radius 1 is 1.25 bits per heavy atom. The summed E-state index contributed by atoms with van der Waals surface area (Å²) in [5.41, 5.74) is 14.6. The minimum atomic E-state index is 0. The van der Waals surface area contributed by atoms with Crippen LogP contribution in [0.5, 0.6) is 5.75 Å². The lowest BCUT2D eigenvalue weighted by molar-refractivity contribution is 0.393. The van der Waals surface area contributed by atoms with Crippen LogP contribution in [0.4, 0.5) is 5.82 Å². The molecule has 0 aliphatic heterocycles. The molecule has 0 bridgehead atoms. The third kappa shape index (κ3) is 3.34. The molecule has 1 heterocycles. The number of aromatic nitrogens is 1. The third-order valence-corrected chi connectivity index (χ3v) is 4.52. The smallest absolute Gasteiger partial charge is 0.142 e. The number of pyridine rings is 1. The van der Waals surface area contributed by atoms with E-state index in [4.69, 9.17) is 11.5 Å². The van der Waals surface area contributed by atoms with Crippen LogP contribution in [-0.2, 0) is 0 Å². The molecule has 1 aromatic heterocycles. The SMILES string of the molecule is C.N#Cc1c(C2CCCC(N)C2)cc(-c2ccccc2O)nc1N. The summed E-state index contributed by atoms with van der Waals surface area (Å²) in [5, 5.41) is 19.5. The van der Waals surface area contributed by atoms with Crippen molar-refractivity contribution in [2.75, 3.05) is 5.73 Å². The van der Waals surface area contributed by atoms with Crippen LogP contribution in [0.3, 0.4) is 0 Å². The standard InChI is InChI=1S/C18H20N4O.CH4/c19-10-15-14(11-4-3-5-12(20)8-11)9-16(22-18(15)21)13-6-1-2-7-17(13)23;/h1-2,6-7,9,11-12,23H,3-5,8,20H2,(H2,21,22);1H4. The molecule has 2 atom stereocenters. The van der Waals surface area contributed by atoms with Crippen molar-refractivity contribution in [2.24, 2.45) is 5.73 Å². The van der Waals surface area contributed by atoms with E-state index in [9.17, 15) is 10.4 Å². The molecule has 5 nitrogen and oxygen atoms in total. The van der Waals surface area contributed by atoms with E-state index in [2.05, 4.69) is 11.1 Å². The zero-order chi connectivity index (χ0) is 16.4. The molecule has 1 fully saturated rings. The van der Waals surface area contributed by atoms with Crippen molar-refractivity contribution in [2.45, 2.75) is 45.1 Å². The molecule has 1 saturated carbocycles. The largest absolute Gasteiger partial charge is 0.507 e. The lowest BCUT2D eigenvalue weighted by Crippen LogP contribution is -2.27. The maximum absolute atomic E-state index is 10.1. The van der Waals surface area contributed by atoms with Gasteiger partial charge in [-0.25, -0.2) is 4.98 Å². The number of hydrogen-bond acceptors (Lipinski definition) is 5. The van der Waals surface area contributed by atoms with Gasteiger partial charge in [0.05, 0.1) is 11.3 Å². The van der Waals surface area contributed by atoms with Gasteiger partial charge in [-0.05, 0) is 48.9 Å². The predicted molar refractivity (Wildman–Crippen MR) is 96.4 cm³/mol. The highest BCUT2D eigenvalue weighted by Crippen LogP contribution is 2.38. The predicted octanol–water partition coefficient (Wildman–Crippen LogP) is 3.53. The van der Waals surface area contributed by atoms with E-state index in [1.807, 2.05) is 12.1 Å². The van der Waals surface area contributed by atoms with Gasteiger partial charge in [0.2, 0.25) is 0 Å². The Labute approximate surface area is 142 Å². The summed E-state index contributed by atoms with van der Waals surface area (Å²) in [4.78, 5) is 4.31. The van der Waals surface area contributed by atoms with Crippen molar-refractivity contribution in [3.63, 3.8) is 0 Å². The van der Waals surface area contributed by atoms with E-state index < -0.39 is 0 Å². The number of rotatable bonds is 2. The lowest BCUT2D eigenvalue weighted by Gasteiger charge is -2.28. The summed E-state index contributed by atoms with van der Waals surface area (Å²) < 4.78 is 0. The maximum atomic E-state index is 10.1. The fraction of sp³-hybridized carbons (Fsp3) is 0.368. The Kier molecular flexibility index (Phi) is 5.42. The summed E-state index contributed by atoms with van der Waals surface area (Å²) in [5.74, 6) is 0.570. The van der Waals surface area contributed by atoms with Crippen molar-refractivity contribution in [1.29, 1.82) is 5.26 Å². The maximum Gasteiger partial charge on any atom is 0.142 e. The molecule has 1 aliphatic rings. The first-order valence-corrected chi connectivity index (χ1v) is 7.84. The number of phenols is 1. The molecule has 1 aliphatic carbocycles. The van der Waals surface area contributed by atoms with Crippen molar-refractivity contribution in [1.82, 2.24) is 4.98 Å². The van der Waals surface area contributed by atoms with Crippen LogP contribution in [0, 0.1) is 11.3 Å². The fourth-order valence-electron chi connectivity index (χ4n) is 3.37. The number of nitriles is 1. The summed E-state index contributed by atoms with van der Waals surface area (Å²) in [6.07, 6.45) is 3.90. The molecule has 0 amide bonds. The van der Waals surface area contributed by atoms with Crippen LogP contribution in [0.2, 0.25) is 0 Å². The Morgan fingerprint density at radius 3 is 2.67 bits per heavy atom. The fourth-order valence-corrected chi connectivity index (χ4v) is 3.37. The molecule has 2 unspecified atom stereocenters. The van der Waals surface area contributed by atoms with Crippen LogP contribution in [-0.4, -0.2) is 16.1 Å². The summed E-state index contributed by atoms with van der Waals surface area (Å²) in [7, 11) is 0. The number of nitrogens with zero attached hydrogens (tertiary/aromatic N) is 2. The average molecular weight is 324 g/mol. The molecular formula is C19H24N4O. The first-order valence-electron chi connectivity index (χ1n) is 7.84. The number of hydrogen-bond donors (Lipinski definition) is 3. The highest BCUT2D eigenvalue weighted by atomic mass is 16.3. The van der Waals surface area contributed by atoms with E-state index >= 15 is 0 Å². The first kappa shape index (κ1) is 17.8. The molecule has 5 N–H and O–H groups in total. The molecule has 3 rings (SSSR count). The van der Waals surface area contributed by atoms with E-state index in [1.165, 1.54) is 0 Å². The van der Waals surface area contributed by atoms with E-state index in [0.717, 1.165) is 31.2 Å². The minimum absolute atomic E-state index is 0. The molecule has 0 spiro atoms. The molecule has 5 heteroatoms. The minimum Gasteiger partial charge on any atom is -0.507 e. The number of aromatic hydroxyl groups is 1. The van der Waals surface area contributed by atoms with E-state index in [1.54, 1.807) is 18.2 Å². The van der Waals surface area contributed by atoms with Crippen LogP contribution in [0.1, 0.15) is 50.2 Å². The molecule has 2 aromatic rings. The second-order valence-corrected chi connectivity index (χ2v) is 6.11. The lowest BCUT2D eigenvalue weighted by atomic mass is 9.80. The molecule has 0 saturated heterocycles. The van der Waals surface area contributed by atoms with Gasteiger partial charge in [-0.2, -0.15) is 5.26 Å². The average Bonchev–Trinajstić information content (AvgIpc) is 2.54. The van der Waals surface area contributed by atoms with Gasteiger partial charge in [-0.15, -0.1) is 0 Å². The Morgan fingerprint density at radius 2 is 2.00 bits per heavy atom. The summed E-state index contributed by atoms with van der Waals surface area (Å²) in [6, 6.07) is 11.2. The molecule has 1 aromatic carbocycles. The van der Waals surface area contributed by atoms with Gasteiger partial charge in [0.1, 0.15) is 17.6 Å². The molecule has 0 radical (unpaired) electrons. The van der Waals surface area contributed by atoms with Crippen molar-refractivity contribution in [3.8, 4) is 23.1 Å². The quantitative estimate of drug-likeness (QED) is 0.783. The second-order valence-electron chi connectivity index (χ2n) is 6.11. The Bertz CT molecular complexity index is 766. The van der Waals surface area contributed by atoms with Gasteiger partial charge in [-0.3, -0.25) is 0 Å². The topological polar surface area (TPSA) is 109 Å². The number of nitrogen functional groups attached to an aromatic ring is 1.